The number of aromatic hydroxyl groups is 2. The smallest absolute Gasteiger partial charge is 0.198 e. The predicted molar refractivity (Wildman–Crippen MR) is 68.8 cm³/mol. The lowest BCUT2D eigenvalue weighted by atomic mass is 9.83. The zero-order valence-electron chi connectivity index (χ0n) is 9.88. The number of carbonyl (C=O) groups excluding carboxylic acids is 2. The van der Waals surface area contributed by atoms with Gasteiger partial charge in [-0.25, -0.2) is 0 Å². The van der Waals surface area contributed by atoms with Crippen LogP contribution >= 0.6 is 0 Å². The SMILES string of the molecule is O=C1c2ccccc2C(=O)c2c(O)ccc(O)c21.[Mg]. The largest absolute Gasteiger partial charge is 0.507 e. The van der Waals surface area contributed by atoms with E-state index in [2.05, 4.69) is 0 Å². The van der Waals surface area contributed by atoms with Crippen molar-refractivity contribution in [3.63, 3.8) is 0 Å². The lowest BCUT2D eigenvalue weighted by Crippen LogP contribution is -2.20. The number of phenols is 2. The minimum Gasteiger partial charge on any atom is -0.507 e. The van der Waals surface area contributed by atoms with Gasteiger partial charge in [0.2, 0.25) is 0 Å². The molecule has 2 radical (unpaired) electrons. The first-order valence-corrected chi connectivity index (χ1v) is 5.34. The van der Waals surface area contributed by atoms with Crippen molar-refractivity contribution in [2.45, 2.75) is 0 Å². The molecule has 2 aromatic carbocycles. The fourth-order valence-electron chi connectivity index (χ4n) is 2.19. The third kappa shape index (κ3) is 1.82. The maximum absolute atomic E-state index is 12.2. The van der Waals surface area contributed by atoms with Gasteiger partial charge in [0.1, 0.15) is 11.5 Å². The van der Waals surface area contributed by atoms with Gasteiger partial charge in [0.25, 0.3) is 0 Å². The Morgan fingerprint density at radius 1 is 0.684 bits per heavy atom. The number of ketones is 2. The van der Waals surface area contributed by atoms with E-state index in [1.165, 1.54) is 24.3 Å². The van der Waals surface area contributed by atoms with Gasteiger partial charge in [-0.3, -0.25) is 9.59 Å². The molecule has 2 N–H and O–H groups in total. The predicted octanol–water partition coefficient (Wildman–Crippen LogP) is 1.49. The Bertz CT molecular complexity index is 647. The number of rotatable bonds is 0. The number of benzene rings is 2. The molecule has 0 heterocycles. The lowest BCUT2D eigenvalue weighted by molar-refractivity contribution is 0.0974. The molecule has 5 heteroatoms. The van der Waals surface area contributed by atoms with Gasteiger partial charge in [-0.05, 0) is 12.1 Å². The van der Waals surface area contributed by atoms with E-state index in [0.717, 1.165) is 0 Å². The van der Waals surface area contributed by atoms with E-state index in [-0.39, 0.29) is 56.8 Å². The quantitative estimate of drug-likeness (QED) is 0.476. The topological polar surface area (TPSA) is 74.6 Å². The normalized spacial score (nSPS) is 12.4. The first-order valence-electron chi connectivity index (χ1n) is 5.34. The zero-order chi connectivity index (χ0) is 12.9. The van der Waals surface area contributed by atoms with Crippen LogP contribution in [0.2, 0.25) is 0 Å². The van der Waals surface area contributed by atoms with Crippen molar-refractivity contribution in [3.05, 3.63) is 58.7 Å². The third-order valence-corrected chi connectivity index (χ3v) is 3.03. The summed E-state index contributed by atoms with van der Waals surface area (Å²) in [5.41, 5.74) is 0.240. The van der Waals surface area contributed by atoms with Gasteiger partial charge < -0.3 is 10.2 Å². The summed E-state index contributed by atoms with van der Waals surface area (Å²) in [4.78, 5) is 24.4. The fourth-order valence-corrected chi connectivity index (χ4v) is 2.19. The van der Waals surface area contributed by atoms with Crippen LogP contribution in [0.25, 0.3) is 0 Å². The molecular formula is C14H8MgO4. The molecule has 0 saturated carbocycles. The molecule has 0 fully saturated rings. The van der Waals surface area contributed by atoms with Gasteiger partial charge in [0, 0.05) is 34.2 Å². The van der Waals surface area contributed by atoms with Crippen LogP contribution in [-0.4, -0.2) is 44.8 Å². The Morgan fingerprint density at radius 3 is 1.42 bits per heavy atom. The molecule has 1 aliphatic rings. The molecule has 4 nitrogen and oxygen atoms in total. The minimum absolute atomic E-state index is 0. The van der Waals surface area contributed by atoms with E-state index in [0.29, 0.717) is 0 Å². The van der Waals surface area contributed by atoms with Gasteiger partial charge in [0.15, 0.2) is 11.6 Å². The molecule has 90 valence electrons. The molecule has 0 aromatic heterocycles. The highest BCUT2D eigenvalue weighted by molar-refractivity contribution is 6.30. The number of hydrogen-bond donors (Lipinski definition) is 2. The Morgan fingerprint density at radius 2 is 1.05 bits per heavy atom. The van der Waals surface area contributed by atoms with Gasteiger partial charge in [0.05, 0.1) is 11.1 Å². The Hall–Kier alpha value is -1.85. The van der Waals surface area contributed by atoms with Crippen LogP contribution in [0.5, 0.6) is 11.5 Å². The van der Waals surface area contributed by atoms with Crippen LogP contribution in [0.3, 0.4) is 0 Å². The molecule has 0 amide bonds. The average Bonchev–Trinajstić information content (AvgIpc) is 2.38. The van der Waals surface area contributed by atoms with Crippen LogP contribution in [0.15, 0.2) is 36.4 Å². The van der Waals surface area contributed by atoms with Crippen LogP contribution in [0.1, 0.15) is 31.8 Å². The van der Waals surface area contributed by atoms with Crippen LogP contribution < -0.4 is 0 Å². The molecule has 2 aromatic rings. The third-order valence-electron chi connectivity index (χ3n) is 3.03. The van der Waals surface area contributed by atoms with E-state index < -0.39 is 11.6 Å². The summed E-state index contributed by atoms with van der Waals surface area (Å²) < 4.78 is 0. The van der Waals surface area contributed by atoms with E-state index in [1.54, 1.807) is 12.1 Å². The molecule has 0 saturated heterocycles. The van der Waals surface area contributed by atoms with Gasteiger partial charge in [-0.2, -0.15) is 0 Å². The van der Waals surface area contributed by atoms with Crippen LogP contribution in [0, 0.1) is 0 Å². The molecule has 0 aliphatic heterocycles. The van der Waals surface area contributed by atoms with Crippen molar-refractivity contribution in [2.75, 3.05) is 0 Å². The highest BCUT2D eigenvalue weighted by Gasteiger charge is 2.33. The summed E-state index contributed by atoms with van der Waals surface area (Å²) in [5.74, 6) is -1.49. The number of carbonyl (C=O) groups is 2. The van der Waals surface area contributed by atoms with Crippen molar-refractivity contribution in [1.29, 1.82) is 0 Å². The Kier molecular flexibility index (Phi) is 3.34. The summed E-state index contributed by atoms with van der Waals surface area (Å²) in [6, 6.07) is 8.76. The molecule has 0 bridgehead atoms. The summed E-state index contributed by atoms with van der Waals surface area (Å²) in [6.45, 7) is 0. The molecule has 3 rings (SSSR count). The summed E-state index contributed by atoms with van der Waals surface area (Å²) in [7, 11) is 0. The van der Waals surface area contributed by atoms with Crippen molar-refractivity contribution in [3.8, 4) is 11.5 Å². The van der Waals surface area contributed by atoms with E-state index in [4.69, 9.17) is 0 Å². The molecule has 0 atom stereocenters. The molecule has 0 spiro atoms. The molecule has 0 unspecified atom stereocenters. The van der Waals surface area contributed by atoms with Gasteiger partial charge >= 0.3 is 0 Å². The highest BCUT2D eigenvalue weighted by atomic mass is 24.3. The number of fused-ring (bicyclic) bond motifs is 2. The van der Waals surface area contributed by atoms with Gasteiger partial charge in [-0.15, -0.1) is 0 Å². The van der Waals surface area contributed by atoms with Gasteiger partial charge in [-0.1, -0.05) is 24.3 Å². The van der Waals surface area contributed by atoms with Crippen molar-refractivity contribution in [2.24, 2.45) is 0 Å². The second-order valence-corrected chi connectivity index (χ2v) is 4.06. The minimum atomic E-state index is -0.450. The van der Waals surface area contributed by atoms with Crippen LogP contribution in [0.4, 0.5) is 0 Å². The van der Waals surface area contributed by atoms with E-state index >= 15 is 0 Å². The first-order chi connectivity index (χ1) is 8.61. The fraction of sp³-hybridized carbons (Fsp3) is 0. The summed E-state index contributed by atoms with van der Waals surface area (Å²) in [6.07, 6.45) is 0. The molecule has 19 heavy (non-hydrogen) atoms. The zero-order valence-corrected chi connectivity index (χ0v) is 11.3. The monoisotopic (exact) mass is 264 g/mol. The van der Waals surface area contributed by atoms with Crippen molar-refractivity contribution >= 4 is 34.6 Å². The highest BCUT2D eigenvalue weighted by Crippen LogP contribution is 2.37. The van der Waals surface area contributed by atoms with Crippen LogP contribution in [-0.2, 0) is 0 Å². The molecular weight excluding hydrogens is 256 g/mol. The molecule has 1 aliphatic carbocycles. The standard InChI is InChI=1S/C14H8O4.Mg/c15-9-5-6-10(16)12-11(9)13(17)7-3-1-2-4-8(7)14(12)18;/h1-6,15-16H;. The maximum Gasteiger partial charge on any atom is 0.198 e. The maximum atomic E-state index is 12.2. The van der Waals surface area contributed by atoms with E-state index in [1.807, 2.05) is 0 Å². The summed E-state index contributed by atoms with van der Waals surface area (Å²) >= 11 is 0. The summed E-state index contributed by atoms with van der Waals surface area (Å²) in [5, 5.41) is 19.4. The number of hydrogen-bond acceptors (Lipinski definition) is 4. The average molecular weight is 265 g/mol. The lowest BCUT2D eigenvalue weighted by Gasteiger charge is -2.18. The second-order valence-electron chi connectivity index (χ2n) is 4.06. The van der Waals surface area contributed by atoms with Crippen molar-refractivity contribution < 1.29 is 19.8 Å². The van der Waals surface area contributed by atoms with E-state index in [9.17, 15) is 19.8 Å². The first kappa shape index (κ1) is 13.6. The van der Waals surface area contributed by atoms with Crippen molar-refractivity contribution in [1.82, 2.24) is 0 Å². The second kappa shape index (κ2) is 4.68. The Balaban J connectivity index is 0.00000133. The number of phenolic OH excluding ortho intramolecular Hbond substituents is 2. The Labute approximate surface area is 124 Å².